The molecular weight excluding hydrogens is 178 g/mol. The fraction of sp³-hybridized carbons (Fsp3) is 0.600. The minimum Gasteiger partial charge on any atom is -0.491 e. The lowest BCUT2D eigenvalue weighted by molar-refractivity contribution is 0.408. The normalized spacial score (nSPS) is 15.4. The fourth-order valence-electron chi connectivity index (χ4n) is 1.52. The van der Waals surface area contributed by atoms with Crippen molar-refractivity contribution in [2.75, 3.05) is 19.5 Å². The van der Waals surface area contributed by atoms with Gasteiger partial charge in [-0.2, -0.15) is 0 Å². The Morgan fingerprint density at radius 2 is 2.07 bits per heavy atom. The molecule has 1 aliphatic rings. The number of nitrogens with one attached hydrogen (secondary N) is 1. The fourth-order valence-corrected chi connectivity index (χ4v) is 1.52. The van der Waals surface area contributed by atoms with E-state index < -0.39 is 0 Å². The molecule has 0 aliphatic heterocycles. The maximum Gasteiger partial charge on any atom is 0.182 e. The van der Waals surface area contributed by atoms with Crippen molar-refractivity contribution < 1.29 is 4.74 Å². The average molecular weight is 193 g/mol. The quantitative estimate of drug-likeness (QED) is 0.793. The molecule has 0 atom stereocenters. The van der Waals surface area contributed by atoms with Crippen LogP contribution in [0.15, 0.2) is 0 Å². The molecule has 1 N–H and O–H groups in total. The van der Waals surface area contributed by atoms with Crippen molar-refractivity contribution in [3.8, 4) is 5.75 Å². The molecule has 0 radical (unpaired) electrons. The standard InChI is InChI=1S/C10H15N3O/c1-6-8(14-3)10(11-2)13-9(12-6)7-4-5-7/h7H,4-5H2,1-3H3,(H,11,12,13). The number of nitrogens with zero attached hydrogens (tertiary/aromatic N) is 2. The van der Waals surface area contributed by atoms with Gasteiger partial charge in [-0.25, -0.2) is 9.97 Å². The monoisotopic (exact) mass is 193 g/mol. The predicted octanol–water partition coefficient (Wildman–Crippen LogP) is 1.71. The first-order valence-electron chi connectivity index (χ1n) is 4.86. The zero-order valence-corrected chi connectivity index (χ0v) is 8.79. The summed E-state index contributed by atoms with van der Waals surface area (Å²) in [7, 11) is 3.49. The molecule has 4 heteroatoms. The van der Waals surface area contributed by atoms with Gasteiger partial charge in [-0.1, -0.05) is 0 Å². The number of methoxy groups -OCH3 is 1. The molecule has 76 valence electrons. The largest absolute Gasteiger partial charge is 0.491 e. The molecule has 0 spiro atoms. The topological polar surface area (TPSA) is 47.0 Å². The Hall–Kier alpha value is -1.32. The predicted molar refractivity (Wildman–Crippen MR) is 54.8 cm³/mol. The van der Waals surface area contributed by atoms with Gasteiger partial charge in [-0.3, -0.25) is 0 Å². The van der Waals surface area contributed by atoms with Crippen LogP contribution in [0.4, 0.5) is 5.82 Å². The average Bonchev–Trinajstić information content (AvgIpc) is 2.99. The van der Waals surface area contributed by atoms with E-state index in [1.165, 1.54) is 12.8 Å². The van der Waals surface area contributed by atoms with Crippen LogP contribution in [-0.4, -0.2) is 24.1 Å². The van der Waals surface area contributed by atoms with Crippen LogP contribution in [0.2, 0.25) is 0 Å². The van der Waals surface area contributed by atoms with Crippen molar-refractivity contribution in [1.82, 2.24) is 9.97 Å². The Morgan fingerprint density at radius 1 is 1.36 bits per heavy atom. The van der Waals surface area contributed by atoms with E-state index >= 15 is 0 Å². The van der Waals surface area contributed by atoms with Crippen LogP contribution in [-0.2, 0) is 0 Å². The molecule has 0 bridgehead atoms. The molecule has 1 heterocycles. The summed E-state index contributed by atoms with van der Waals surface area (Å²) < 4.78 is 5.23. The van der Waals surface area contributed by atoms with Crippen LogP contribution in [0.1, 0.15) is 30.3 Å². The van der Waals surface area contributed by atoms with Gasteiger partial charge in [0, 0.05) is 13.0 Å². The highest BCUT2D eigenvalue weighted by molar-refractivity contribution is 5.52. The van der Waals surface area contributed by atoms with E-state index in [2.05, 4.69) is 15.3 Å². The van der Waals surface area contributed by atoms with E-state index in [4.69, 9.17) is 4.74 Å². The number of aromatic nitrogens is 2. The first-order valence-corrected chi connectivity index (χ1v) is 4.86. The van der Waals surface area contributed by atoms with Crippen LogP contribution in [0.3, 0.4) is 0 Å². The van der Waals surface area contributed by atoms with Gasteiger partial charge in [0.05, 0.1) is 12.8 Å². The van der Waals surface area contributed by atoms with Crippen LogP contribution >= 0.6 is 0 Å². The van der Waals surface area contributed by atoms with E-state index in [1.807, 2.05) is 14.0 Å². The highest BCUT2D eigenvalue weighted by Gasteiger charge is 2.28. The highest BCUT2D eigenvalue weighted by Crippen LogP contribution is 2.39. The molecule has 0 amide bonds. The van der Waals surface area contributed by atoms with Gasteiger partial charge in [-0.05, 0) is 19.8 Å². The molecule has 1 fully saturated rings. The Morgan fingerprint density at radius 3 is 2.57 bits per heavy atom. The molecule has 14 heavy (non-hydrogen) atoms. The second kappa shape index (κ2) is 3.44. The maximum atomic E-state index is 5.23. The van der Waals surface area contributed by atoms with Gasteiger partial charge in [-0.15, -0.1) is 0 Å². The van der Waals surface area contributed by atoms with Crippen LogP contribution in [0, 0.1) is 6.92 Å². The van der Waals surface area contributed by atoms with Crippen molar-refractivity contribution >= 4 is 5.82 Å². The van der Waals surface area contributed by atoms with Crippen molar-refractivity contribution in [3.63, 3.8) is 0 Å². The molecule has 0 saturated heterocycles. The zero-order chi connectivity index (χ0) is 10.1. The Labute approximate surface area is 83.7 Å². The third-order valence-corrected chi connectivity index (χ3v) is 2.44. The van der Waals surface area contributed by atoms with Gasteiger partial charge in [0.15, 0.2) is 11.6 Å². The molecule has 4 nitrogen and oxygen atoms in total. The van der Waals surface area contributed by atoms with E-state index in [0.29, 0.717) is 5.92 Å². The summed E-state index contributed by atoms with van der Waals surface area (Å²) in [5.74, 6) is 3.07. The molecule has 2 rings (SSSR count). The molecule has 1 aromatic heterocycles. The minimum atomic E-state index is 0.576. The number of aryl methyl sites for hydroxylation is 1. The minimum absolute atomic E-state index is 0.576. The molecule has 1 aliphatic carbocycles. The first-order chi connectivity index (χ1) is 6.76. The summed E-state index contributed by atoms with van der Waals surface area (Å²) >= 11 is 0. The number of rotatable bonds is 3. The third kappa shape index (κ3) is 1.52. The first kappa shape index (κ1) is 9.24. The van der Waals surface area contributed by atoms with Crippen LogP contribution < -0.4 is 10.1 Å². The van der Waals surface area contributed by atoms with E-state index in [1.54, 1.807) is 7.11 Å². The molecule has 1 saturated carbocycles. The summed E-state index contributed by atoms with van der Waals surface area (Å²) in [6.45, 7) is 1.95. The zero-order valence-electron chi connectivity index (χ0n) is 8.79. The van der Waals surface area contributed by atoms with Crippen LogP contribution in [0.25, 0.3) is 0 Å². The van der Waals surface area contributed by atoms with Crippen LogP contribution in [0.5, 0.6) is 5.75 Å². The number of anilines is 1. The van der Waals surface area contributed by atoms with E-state index in [-0.39, 0.29) is 0 Å². The van der Waals surface area contributed by atoms with Gasteiger partial charge in [0.25, 0.3) is 0 Å². The number of ether oxygens (including phenoxy) is 1. The Balaban J connectivity index is 2.43. The lowest BCUT2D eigenvalue weighted by atomic mass is 10.3. The Bertz CT molecular complexity index is 347. The maximum absolute atomic E-state index is 5.23. The summed E-state index contributed by atoms with van der Waals surface area (Å²) in [6, 6.07) is 0. The lowest BCUT2D eigenvalue weighted by Gasteiger charge is -2.10. The van der Waals surface area contributed by atoms with Crippen molar-refractivity contribution in [1.29, 1.82) is 0 Å². The number of hydrogen-bond donors (Lipinski definition) is 1. The summed E-state index contributed by atoms with van der Waals surface area (Å²) in [5, 5.41) is 3.03. The van der Waals surface area contributed by atoms with Gasteiger partial charge in [0.1, 0.15) is 5.82 Å². The lowest BCUT2D eigenvalue weighted by Crippen LogP contribution is -2.04. The third-order valence-electron chi connectivity index (χ3n) is 2.44. The van der Waals surface area contributed by atoms with Gasteiger partial charge in [0.2, 0.25) is 0 Å². The highest BCUT2D eigenvalue weighted by atomic mass is 16.5. The SMILES string of the molecule is CNc1nc(C2CC2)nc(C)c1OC. The van der Waals surface area contributed by atoms with Gasteiger partial charge < -0.3 is 10.1 Å². The summed E-state index contributed by atoms with van der Waals surface area (Å²) in [4.78, 5) is 8.88. The summed E-state index contributed by atoms with van der Waals surface area (Å²) in [6.07, 6.45) is 2.43. The van der Waals surface area contributed by atoms with Crippen molar-refractivity contribution in [3.05, 3.63) is 11.5 Å². The summed E-state index contributed by atoms with van der Waals surface area (Å²) in [5.41, 5.74) is 0.911. The second-order valence-corrected chi connectivity index (χ2v) is 3.57. The Kier molecular flexibility index (Phi) is 2.27. The van der Waals surface area contributed by atoms with E-state index in [0.717, 1.165) is 23.1 Å². The van der Waals surface area contributed by atoms with Crippen molar-refractivity contribution in [2.24, 2.45) is 0 Å². The van der Waals surface area contributed by atoms with Gasteiger partial charge >= 0.3 is 0 Å². The molecule has 0 unspecified atom stereocenters. The van der Waals surface area contributed by atoms with Crippen molar-refractivity contribution in [2.45, 2.75) is 25.7 Å². The molecular formula is C10H15N3O. The van der Waals surface area contributed by atoms with E-state index in [9.17, 15) is 0 Å². The number of hydrogen-bond acceptors (Lipinski definition) is 4. The smallest absolute Gasteiger partial charge is 0.182 e. The molecule has 0 aromatic carbocycles. The second-order valence-electron chi connectivity index (χ2n) is 3.57. The molecule has 1 aromatic rings.